The fraction of sp³-hybridized carbons (Fsp3) is 1.00. The monoisotopic (exact) mass is 215 g/mol. The van der Waals surface area contributed by atoms with Crippen molar-refractivity contribution < 1.29 is 0 Å². The van der Waals surface area contributed by atoms with Gasteiger partial charge in [-0.25, -0.2) is 0 Å². The minimum atomic E-state index is -0.0105. The van der Waals surface area contributed by atoms with Crippen molar-refractivity contribution in [2.24, 2.45) is 0 Å². The summed E-state index contributed by atoms with van der Waals surface area (Å²) >= 11 is 0. The van der Waals surface area contributed by atoms with E-state index in [2.05, 4.69) is 46.2 Å². The number of hydrogen-bond donors (Lipinski definition) is 0. The highest BCUT2D eigenvalue weighted by Gasteiger charge is 2.39. The second-order valence-corrected chi connectivity index (χ2v) is 10.2. The lowest BCUT2D eigenvalue weighted by Gasteiger charge is -2.46. The Balaban J connectivity index is 2.82. The van der Waals surface area contributed by atoms with Gasteiger partial charge in [0.2, 0.25) is 0 Å². The van der Waals surface area contributed by atoms with Gasteiger partial charge in [0.25, 0.3) is 0 Å². The van der Waals surface area contributed by atoms with Gasteiger partial charge in [-0.3, -0.25) is 4.67 Å². The van der Waals surface area contributed by atoms with E-state index in [9.17, 15) is 0 Å². The van der Waals surface area contributed by atoms with Crippen molar-refractivity contribution in [2.75, 3.05) is 13.1 Å². The van der Waals surface area contributed by atoms with Gasteiger partial charge in [0.05, 0.1) is 0 Å². The van der Waals surface area contributed by atoms with E-state index >= 15 is 0 Å². The van der Waals surface area contributed by atoms with E-state index in [0.717, 1.165) is 0 Å². The van der Waals surface area contributed by atoms with Crippen LogP contribution in [0.3, 0.4) is 0 Å². The molecule has 0 aromatic rings. The van der Waals surface area contributed by atoms with Gasteiger partial charge in [0, 0.05) is 13.1 Å². The molecule has 0 amide bonds. The highest BCUT2D eigenvalue weighted by atomic mass is 31.1. The average Bonchev–Trinajstić information content (AvgIpc) is 2.31. The molecule has 84 valence electrons. The van der Waals surface area contributed by atoms with Crippen molar-refractivity contribution in [3.8, 4) is 0 Å². The van der Waals surface area contributed by atoms with Crippen LogP contribution in [-0.2, 0) is 0 Å². The number of nitrogens with zero attached hydrogens (tertiary/aromatic N) is 1. The van der Waals surface area contributed by atoms with Crippen LogP contribution in [0.2, 0.25) is 0 Å². The topological polar surface area (TPSA) is 3.24 Å². The van der Waals surface area contributed by atoms with Crippen molar-refractivity contribution in [1.29, 1.82) is 0 Å². The summed E-state index contributed by atoms with van der Waals surface area (Å²) < 4.78 is 2.76. The summed E-state index contributed by atoms with van der Waals surface area (Å²) in [5, 5.41) is 0.913. The van der Waals surface area contributed by atoms with Crippen molar-refractivity contribution in [3.05, 3.63) is 0 Å². The lowest BCUT2D eigenvalue weighted by Crippen LogP contribution is -2.34. The second kappa shape index (κ2) is 4.10. The van der Waals surface area contributed by atoms with Crippen LogP contribution in [0.4, 0.5) is 0 Å². The van der Waals surface area contributed by atoms with Gasteiger partial charge >= 0.3 is 0 Å². The van der Waals surface area contributed by atoms with Crippen LogP contribution in [0, 0.1) is 0 Å². The van der Waals surface area contributed by atoms with E-state index in [1.165, 1.54) is 25.9 Å². The largest absolute Gasteiger partial charge is 0.281 e. The molecule has 0 aliphatic carbocycles. The molecule has 0 spiro atoms. The molecule has 1 nitrogen and oxygen atoms in total. The molecule has 0 N–H and O–H groups in total. The summed E-state index contributed by atoms with van der Waals surface area (Å²) in [5.41, 5.74) is 0. The van der Waals surface area contributed by atoms with Gasteiger partial charge in [0.1, 0.15) is 0 Å². The molecule has 1 aliphatic rings. The third kappa shape index (κ3) is 2.94. The van der Waals surface area contributed by atoms with Crippen LogP contribution in [-0.4, -0.2) is 28.1 Å². The standard InChI is InChI=1S/C12H26NP/c1-11(2,3)14(12(4,5)6)13-9-7-8-10-13/h7-10H2,1-6H3. The minimum Gasteiger partial charge on any atom is -0.281 e. The second-order valence-electron chi connectivity index (χ2n) is 6.31. The summed E-state index contributed by atoms with van der Waals surface area (Å²) in [6.07, 6.45) is 2.82. The summed E-state index contributed by atoms with van der Waals surface area (Å²) in [4.78, 5) is 0. The first-order valence-electron chi connectivity index (χ1n) is 5.78. The third-order valence-corrected chi connectivity index (χ3v) is 6.14. The minimum absolute atomic E-state index is 0.0105. The van der Waals surface area contributed by atoms with Crippen molar-refractivity contribution in [1.82, 2.24) is 4.67 Å². The first-order chi connectivity index (χ1) is 6.23. The van der Waals surface area contributed by atoms with Gasteiger partial charge in [-0.1, -0.05) is 41.5 Å². The van der Waals surface area contributed by atoms with Crippen molar-refractivity contribution in [3.63, 3.8) is 0 Å². The highest BCUT2D eigenvalue weighted by molar-refractivity contribution is 7.58. The molecule has 0 saturated carbocycles. The van der Waals surface area contributed by atoms with E-state index < -0.39 is 0 Å². The van der Waals surface area contributed by atoms with Gasteiger partial charge < -0.3 is 0 Å². The van der Waals surface area contributed by atoms with Gasteiger partial charge in [-0.15, -0.1) is 0 Å². The van der Waals surface area contributed by atoms with E-state index in [0.29, 0.717) is 10.3 Å². The summed E-state index contributed by atoms with van der Waals surface area (Å²) in [6.45, 7) is 17.1. The molecule has 1 aliphatic heterocycles. The molecule has 1 saturated heterocycles. The Labute approximate surface area is 91.1 Å². The molecule has 0 unspecified atom stereocenters. The summed E-state index contributed by atoms with van der Waals surface area (Å²) in [7, 11) is -0.0105. The SMILES string of the molecule is CC(C)(C)P(N1CCCC1)C(C)(C)C. The Morgan fingerprint density at radius 3 is 1.43 bits per heavy atom. The molecule has 1 fully saturated rings. The van der Waals surface area contributed by atoms with Gasteiger partial charge in [0.15, 0.2) is 0 Å². The molecule has 0 aromatic heterocycles. The van der Waals surface area contributed by atoms with Crippen molar-refractivity contribution >= 4 is 8.07 Å². The lowest BCUT2D eigenvalue weighted by atomic mass is 10.2. The lowest BCUT2D eigenvalue weighted by molar-refractivity contribution is 0.513. The molecule has 2 heteroatoms. The molecule has 1 rings (SSSR count). The normalized spacial score (nSPS) is 20.8. The first-order valence-corrected chi connectivity index (χ1v) is 7.07. The van der Waals surface area contributed by atoms with Crippen LogP contribution in [0.5, 0.6) is 0 Å². The molecule has 0 aromatic carbocycles. The zero-order chi connectivity index (χ0) is 11.0. The first kappa shape index (κ1) is 12.5. The van der Waals surface area contributed by atoms with Crippen LogP contribution in [0.15, 0.2) is 0 Å². The van der Waals surface area contributed by atoms with Gasteiger partial charge in [-0.05, 0) is 31.2 Å². The Morgan fingerprint density at radius 2 is 1.14 bits per heavy atom. The molecule has 0 bridgehead atoms. The zero-order valence-electron chi connectivity index (χ0n) is 10.7. The Bertz CT molecular complexity index is 167. The van der Waals surface area contributed by atoms with E-state index in [4.69, 9.17) is 0 Å². The molecule has 0 atom stereocenters. The van der Waals surface area contributed by atoms with Crippen LogP contribution < -0.4 is 0 Å². The van der Waals surface area contributed by atoms with E-state index in [-0.39, 0.29) is 8.07 Å². The average molecular weight is 215 g/mol. The Kier molecular flexibility index (Phi) is 3.65. The Morgan fingerprint density at radius 1 is 0.786 bits per heavy atom. The third-order valence-electron chi connectivity index (χ3n) is 2.64. The van der Waals surface area contributed by atoms with E-state index in [1.807, 2.05) is 0 Å². The van der Waals surface area contributed by atoms with Crippen molar-refractivity contribution in [2.45, 2.75) is 64.7 Å². The predicted octanol–water partition coefficient (Wildman–Crippen LogP) is 4.08. The maximum absolute atomic E-state index is 2.76. The summed E-state index contributed by atoms with van der Waals surface area (Å²) in [5.74, 6) is 0. The van der Waals surface area contributed by atoms with Crippen LogP contribution in [0.25, 0.3) is 0 Å². The van der Waals surface area contributed by atoms with E-state index in [1.54, 1.807) is 0 Å². The fourth-order valence-corrected chi connectivity index (χ4v) is 7.15. The molecule has 1 heterocycles. The summed E-state index contributed by atoms with van der Waals surface area (Å²) in [6, 6.07) is 0. The predicted molar refractivity (Wildman–Crippen MR) is 67.2 cm³/mol. The van der Waals surface area contributed by atoms with Gasteiger partial charge in [-0.2, -0.15) is 0 Å². The highest BCUT2D eigenvalue weighted by Crippen LogP contribution is 2.62. The number of rotatable bonds is 1. The molecule has 0 radical (unpaired) electrons. The Hall–Kier alpha value is 0.390. The maximum Gasteiger partial charge on any atom is 0.00217 e. The maximum atomic E-state index is 2.76. The molecular formula is C12H26NP. The van der Waals surface area contributed by atoms with Crippen LogP contribution in [0.1, 0.15) is 54.4 Å². The zero-order valence-corrected chi connectivity index (χ0v) is 11.6. The quantitative estimate of drug-likeness (QED) is 0.596. The van der Waals surface area contributed by atoms with Crippen LogP contribution >= 0.6 is 8.07 Å². The molecule has 14 heavy (non-hydrogen) atoms. The molecular weight excluding hydrogens is 189 g/mol. The number of hydrogen-bond acceptors (Lipinski definition) is 1. The smallest absolute Gasteiger partial charge is 0.00217 e. The fourth-order valence-electron chi connectivity index (χ4n) is 2.76.